The predicted molar refractivity (Wildman–Crippen MR) is 169 cm³/mol. The quantitative estimate of drug-likeness (QED) is 0.177. The number of thiophene rings is 6. The monoisotopic (exact) mass is 578 g/mol. The SMILES string of the molecule is CCc1ccc(-c2ccc(-c3cc(C)c(-c4sc(-c5ccc(-c6ccc(CC)s6)s5)cc4C)s3)s2)s1. The Kier molecular flexibility index (Phi) is 6.93. The van der Waals surface area contributed by atoms with Crippen molar-refractivity contribution in [3.8, 4) is 48.8 Å². The minimum Gasteiger partial charge on any atom is -0.139 e. The van der Waals surface area contributed by atoms with E-state index in [9.17, 15) is 0 Å². The largest absolute Gasteiger partial charge is 0.139 e. The van der Waals surface area contributed by atoms with Crippen molar-refractivity contribution in [2.75, 3.05) is 0 Å². The molecule has 0 fully saturated rings. The molecule has 182 valence electrons. The Hall–Kier alpha value is -1.80. The van der Waals surface area contributed by atoms with Gasteiger partial charge in [-0.1, -0.05) is 13.8 Å². The number of rotatable bonds is 7. The molecular weight excluding hydrogens is 553 g/mol. The lowest BCUT2D eigenvalue weighted by Gasteiger charge is -1.97. The zero-order valence-electron chi connectivity index (χ0n) is 20.6. The molecule has 0 N–H and O–H groups in total. The van der Waals surface area contributed by atoms with Gasteiger partial charge in [0.05, 0.1) is 0 Å². The molecule has 6 heterocycles. The van der Waals surface area contributed by atoms with Gasteiger partial charge in [0.25, 0.3) is 0 Å². The Balaban J connectivity index is 1.28. The maximum Gasteiger partial charge on any atom is 0.0481 e. The summed E-state index contributed by atoms with van der Waals surface area (Å²) in [6, 6.07) is 23.0. The van der Waals surface area contributed by atoms with Crippen LogP contribution in [0.2, 0.25) is 0 Å². The molecule has 0 radical (unpaired) electrons. The fourth-order valence-electron chi connectivity index (χ4n) is 4.26. The Morgan fingerprint density at radius 3 is 1.11 bits per heavy atom. The highest BCUT2D eigenvalue weighted by Crippen LogP contribution is 2.48. The highest BCUT2D eigenvalue weighted by atomic mass is 32.1. The van der Waals surface area contributed by atoms with Crippen LogP contribution in [0.1, 0.15) is 34.7 Å². The molecule has 0 unspecified atom stereocenters. The second-order valence-corrected chi connectivity index (χ2v) is 15.4. The molecule has 0 atom stereocenters. The molecule has 36 heavy (non-hydrogen) atoms. The van der Waals surface area contributed by atoms with Crippen molar-refractivity contribution >= 4 is 68.0 Å². The zero-order valence-corrected chi connectivity index (χ0v) is 25.5. The molecule has 0 aliphatic carbocycles. The van der Waals surface area contributed by atoms with E-state index < -0.39 is 0 Å². The van der Waals surface area contributed by atoms with E-state index in [-0.39, 0.29) is 0 Å². The van der Waals surface area contributed by atoms with E-state index in [2.05, 4.69) is 88.4 Å². The van der Waals surface area contributed by atoms with Crippen LogP contribution < -0.4 is 0 Å². The van der Waals surface area contributed by atoms with Crippen molar-refractivity contribution in [1.82, 2.24) is 0 Å². The summed E-state index contributed by atoms with van der Waals surface area (Å²) < 4.78 is 0. The van der Waals surface area contributed by atoms with E-state index in [4.69, 9.17) is 0 Å². The maximum atomic E-state index is 2.38. The van der Waals surface area contributed by atoms with Crippen molar-refractivity contribution in [2.45, 2.75) is 40.5 Å². The summed E-state index contributed by atoms with van der Waals surface area (Å²) in [6.45, 7) is 8.99. The van der Waals surface area contributed by atoms with Crippen LogP contribution in [-0.4, -0.2) is 0 Å². The molecule has 0 saturated heterocycles. The van der Waals surface area contributed by atoms with Gasteiger partial charge in [-0.2, -0.15) is 0 Å². The highest BCUT2D eigenvalue weighted by Gasteiger charge is 2.18. The van der Waals surface area contributed by atoms with Crippen molar-refractivity contribution < 1.29 is 0 Å². The summed E-state index contributed by atoms with van der Waals surface area (Å²) in [5, 5.41) is 0. The van der Waals surface area contributed by atoms with Crippen molar-refractivity contribution in [3.63, 3.8) is 0 Å². The van der Waals surface area contributed by atoms with Crippen molar-refractivity contribution in [3.05, 3.63) is 81.5 Å². The molecule has 0 aromatic carbocycles. The smallest absolute Gasteiger partial charge is 0.0481 e. The van der Waals surface area contributed by atoms with Crippen LogP contribution in [0.5, 0.6) is 0 Å². The standard InChI is InChI=1S/C30H26S6/c1-5-19-7-9-21(31-19)23-11-13-25(33-23)27-15-17(3)29(35-27)30-18(4)16-28(36-30)26-14-12-24(34-26)22-10-8-20(6-2)32-22/h7-16H,5-6H2,1-4H3. The summed E-state index contributed by atoms with van der Waals surface area (Å²) in [5.41, 5.74) is 2.76. The fourth-order valence-corrected chi connectivity index (χ4v) is 11.1. The van der Waals surface area contributed by atoms with Crippen LogP contribution >= 0.6 is 68.0 Å². The molecule has 0 aliphatic rings. The third-order valence-electron chi connectivity index (χ3n) is 6.25. The highest BCUT2D eigenvalue weighted by molar-refractivity contribution is 7.30. The first-order valence-electron chi connectivity index (χ1n) is 12.1. The molecule has 0 saturated carbocycles. The Morgan fingerprint density at radius 1 is 0.417 bits per heavy atom. The lowest BCUT2D eigenvalue weighted by atomic mass is 10.2. The van der Waals surface area contributed by atoms with Gasteiger partial charge < -0.3 is 0 Å². The summed E-state index contributed by atoms with van der Waals surface area (Å²) in [4.78, 5) is 16.8. The summed E-state index contributed by atoms with van der Waals surface area (Å²) in [5.74, 6) is 0. The first kappa shape index (κ1) is 24.5. The van der Waals surface area contributed by atoms with Crippen LogP contribution in [0.3, 0.4) is 0 Å². The number of hydrogen-bond donors (Lipinski definition) is 0. The number of hydrogen-bond acceptors (Lipinski definition) is 6. The molecule has 0 nitrogen and oxygen atoms in total. The van der Waals surface area contributed by atoms with E-state index in [1.807, 2.05) is 68.0 Å². The molecule has 6 rings (SSSR count). The maximum absolute atomic E-state index is 2.38. The van der Waals surface area contributed by atoms with Gasteiger partial charge in [-0.05, 0) is 98.5 Å². The van der Waals surface area contributed by atoms with Crippen LogP contribution in [0.15, 0.2) is 60.7 Å². The van der Waals surface area contributed by atoms with Gasteiger partial charge in [-0.15, -0.1) is 68.0 Å². The Morgan fingerprint density at radius 2 is 0.750 bits per heavy atom. The lowest BCUT2D eigenvalue weighted by Crippen LogP contribution is -1.72. The average Bonchev–Trinajstić information content (AvgIpc) is 3.69. The van der Waals surface area contributed by atoms with Gasteiger partial charge in [0.15, 0.2) is 0 Å². The second-order valence-electron chi connectivity index (χ2n) is 8.81. The molecule has 6 aromatic heterocycles. The fraction of sp³-hybridized carbons (Fsp3) is 0.200. The molecular formula is C30H26S6. The molecule has 0 spiro atoms. The number of aryl methyl sites for hydroxylation is 4. The average molecular weight is 579 g/mol. The topological polar surface area (TPSA) is 0 Å². The minimum atomic E-state index is 1.11. The van der Waals surface area contributed by atoms with Gasteiger partial charge >= 0.3 is 0 Å². The third-order valence-corrected chi connectivity index (χ3v) is 14.3. The van der Waals surface area contributed by atoms with Crippen molar-refractivity contribution in [1.29, 1.82) is 0 Å². The van der Waals surface area contributed by atoms with Crippen LogP contribution in [0.25, 0.3) is 48.8 Å². The summed E-state index contributed by atoms with van der Waals surface area (Å²) >= 11 is 11.6. The molecule has 0 amide bonds. The van der Waals surface area contributed by atoms with Crippen LogP contribution in [0.4, 0.5) is 0 Å². The van der Waals surface area contributed by atoms with Gasteiger partial charge in [0, 0.05) is 58.5 Å². The van der Waals surface area contributed by atoms with E-state index in [0.717, 1.165) is 12.8 Å². The minimum absolute atomic E-state index is 1.11. The van der Waals surface area contributed by atoms with Crippen LogP contribution in [0, 0.1) is 13.8 Å². The predicted octanol–water partition coefficient (Wildman–Crippen LogP) is 12.1. The lowest BCUT2D eigenvalue weighted by molar-refractivity contribution is 1.19. The Bertz CT molecular complexity index is 1520. The third kappa shape index (κ3) is 4.64. The second kappa shape index (κ2) is 10.2. The first-order chi connectivity index (χ1) is 17.5. The summed E-state index contributed by atoms with van der Waals surface area (Å²) in [7, 11) is 0. The van der Waals surface area contributed by atoms with Crippen molar-refractivity contribution in [2.24, 2.45) is 0 Å². The zero-order chi connectivity index (χ0) is 24.8. The van der Waals surface area contributed by atoms with Gasteiger partial charge in [0.2, 0.25) is 0 Å². The molecule has 0 aliphatic heterocycles. The molecule has 6 heteroatoms. The molecule has 0 bridgehead atoms. The first-order valence-corrected chi connectivity index (χ1v) is 17.0. The van der Waals surface area contributed by atoms with E-state index in [0.29, 0.717) is 0 Å². The van der Waals surface area contributed by atoms with E-state index in [1.54, 1.807) is 0 Å². The van der Waals surface area contributed by atoms with Gasteiger partial charge in [0.1, 0.15) is 0 Å². The Labute approximate surface area is 237 Å². The van der Waals surface area contributed by atoms with Gasteiger partial charge in [-0.3, -0.25) is 0 Å². The van der Waals surface area contributed by atoms with Gasteiger partial charge in [-0.25, -0.2) is 0 Å². The summed E-state index contributed by atoms with van der Waals surface area (Å²) in [6.07, 6.45) is 2.22. The van der Waals surface area contributed by atoms with E-state index >= 15 is 0 Å². The van der Waals surface area contributed by atoms with Crippen LogP contribution in [-0.2, 0) is 12.8 Å². The van der Waals surface area contributed by atoms with E-state index in [1.165, 1.54) is 69.7 Å². The molecule has 6 aromatic rings. The normalized spacial score (nSPS) is 11.6.